The Labute approximate surface area is 184 Å². The Kier molecular flexibility index (Phi) is 7.64. The molecule has 2 aliphatic heterocycles. The molecule has 2 saturated heterocycles. The summed E-state index contributed by atoms with van der Waals surface area (Å²) >= 11 is 0. The van der Waals surface area contributed by atoms with E-state index in [2.05, 4.69) is 9.80 Å². The quantitative estimate of drug-likeness (QED) is 0.518. The fraction of sp³-hybridized carbons (Fsp3) is 0.652. The van der Waals surface area contributed by atoms with Crippen LogP contribution in [0.5, 0.6) is 5.75 Å². The molecule has 0 saturated carbocycles. The van der Waals surface area contributed by atoms with Crippen LogP contribution in [-0.2, 0) is 19.1 Å². The van der Waals surface area contributed by atoms with Crippen molar-refractivity contribution in [1.82, 2.24) is 4.90 Å². The van der Waals surface area contributed by atoms with Crippen LogP contribution in [0.3, 0.4) is 0 Å². The van der Waals surface area contributed by atoms with Crippen LogP contribution in [0.25, 0.3) is 0 Å². The summed E-state index contributed by atoms with van der Waals surface area (Å²) in [6, 6.07) is 6.35. The lowest BCUT2D eigenvalue weighted by Crippen LogP contribution is -2.51. The lowest BCUT2D eigenvalue weighted by molar-refractivity contribution is -0.154. The SMILES string of the molecule is COc1cc(N)ccc1N1CCC(N2CCC(COC(C)=O)(COC(C)=O)CC2)CC1. The summed E-state index contributed by atoms with van der Waals surface area (Å²) in [6.07, 6.45) is 3.85. The Hall–Kier alpha value is -2.48. The van der Waals surface area contributed by atoms with Gasteiger partial charge in [0.2, 0.25) is 0 Å². The summed E-state index contributed by atoms with van der Waals surface area (Å²) < 4.78 is 16.2. The van der Waals surface area contributed by atoms with E-state index in [0.29, 0.717) is 24.9 Å². The topological polar surface area (TPSA) is 94.3 Å². The molecule has 0 atom stereocenters. The zero-order chi connectivity index (χ0) is 22.4. The largest absolute Gasteiger partial charge is 0.495 e. The number of esters is 2. The van der Waals surface area contributed by atoms with Crippen LogP contribution in [0.1, 0.15) is 39.5 Å². The molecule has 0 amide bonds. The average Bonchev–Trinajstić information content (AvgIpc) is 2.77. The molecule has 1 aromatic carbocycles. The molecular formula is C23H35N3O5. The second-order valence-electron chi connectivity index (χ2n) is 8.75. The van der Waals surface area contributed by atoms with E-state index in [4.69, 9.17) is 19.9 Å². The minimum Gasteiger partial charge on any atom is -0.495 e. The number of likely N-dealkylation sites (tertiary alicyclic amines) is 1. The summed E-state index contributed by atoms with van der Waals surface area (Å²) in [4.78, 5) is 27.6. The number of methoxy groups -OCH3 is 1. The van der Waals surface area contributed by atoms with Gasteiger partial charge in [-0.05, 0) is 50.9 Å². The second kappa shape index (κ2) is 10.2. The number of nitrogens with two attached hydrogens (primary N) is 1. The van der Waals surface area contributed by atoms with Crippen LogP contribution in [0.2, 0.25) is 0 Å². The van der Waals surface area contributed by atoms with E-state index < -0.39 is 0 Å². The fourth-order valence-electron chi connectivity index (χ4n) is 4.63. The van der Waals surface area contributed by atoms with E-state index in [1.165, 1.54) is 13.8 Å². The van der Waals surface area contributed by atoms with Gasteiger partial charge in [0.25, 0.3) is 0 Å². The number of ether oxygens (including phenoxy) is 3. The number of piperidine rings is 2. The van der Waals surface area contributed by atoms with Crippen LogP contribution < -0.4 is 15.4 Å². The summed E-state index contributed by atoms with van der Waals surface area (Å²) in [7, 11) is 1.68. The third-order valence-corrected chi connectivity index (χ3v) is 6.55. The zero-order valence-corrected chi connectivity index (χ0v) is 18.9. The van der Waals surface area contributed by atoms with Crippen molar-refractivity contribution in [3.05, 3.63) is 18.2 Å². The van der Waals surface area contributed by atoms with Gasteiger partial charge in [-0.25, -0.2) is 0 Å². The molecule has 2 heterocycles. The van der Waals surface area contributed by atoms with Crippen LogP contribution in [0, 0.1) is 5.41 Å². The molecule has 31 heavy (non-hydrogen) atoms. The van der Waals surface area contributed by atoms with E-state index in [0.717, 1.165) is 63.3 Å². The number of benzene rings is 1. The highest BCUT2D eigenvalue weighted by molar-refractivity contribution is 5.66. The van der Waals surface area contributed by atoms with Crippen LogP contribution in [-0.4, -0.2) is 69.4 Å². The van der Waals surface area contributed by atoms with E-state index >= 15 is 0 Å². The highest BCUT2D eigenvalue weighted by Gasteiger charge is 2.39. The number of hydrogen-bond donors (Lipinski definition) is 1. The number of nitrogens with zero attached hydrogens (tertiary/aromatic N) is 2. The molecule has 0 aliphatic carbocycles. The minimum atomic E-state index is -0.296. The molecule has 8 heteroatoms. The molecule has 3 rings (SSSR count). The van der Waals surface area contributed by atoms with E-state index in [-0.39, 0.29) is 17.4 Å². The van der Waals surface area contributed by atoms with Crippen LogP contribution in [0.4, 0.5) is 11.4 Å². The van der Waals surface area contributed by atoms with Crippen molar-refractivity contribution in [3.8, 4) is 5.75 Å². The van der Waals surface area contributed by atoms with Gasteiger partial charge in [0, 0.05) is 50.1 Å². The maximum Gasteiger partial charge on any atom is 0.302 e. The average molecular weight is 434 g/mol. The lowest BCUT2D eigenvalue weighted by atomic mass is 9.79. The predicted molar refractivity (Wildman–Crippen MR) is 119 cm³/mol. The summed E-state index contributed by atoms with van der Waals surface area (Å²) in [5, 5.41) is 0. The summed E-state index contributed by atoms with van der Waals surface area (Å²) in [5.41, 5.74) is 7.40. The lowest BCUT2D eigenvalue weighted by Gasteiger charge is -2.46. The van der Waals surface area contributed by atoms with Gasteiger partial charge in [-0.15, -0.1) is 0 Å². The molecule has 2 N–H and O–H groups in total. The molecule has 8 nitrogen and oxygen atoms in total. The van der Waals surface area contributed by atoms with Gasteiger partial charge in [0.1, 0.15) is 19.0 Å². The molecule has 0 aromatic heterocycles. The number of rotatable bonds is 7. The first kappa shape index (κ1) is 23.2. The van der Waals surface area contributed by atoms with E-state index in [1.807, 2.05) is 18.2 Å². The Morgan fingerprint density at radius 3 is 2.13 bits per heavy atom. The molecular weight excluding hydrogens is 398 g/mol. The van der Waals surface area contributed by atoms with Crippen molar-refractivity contribution in [3.63, 3.8) is 0 Å². The highest BCUT2D eigenvalue weighted by atomic mass is 16.5. The van der Waals surface area contributed by atoms with Crippen molar-refractivity contribution in [2.75, 3.05) is 57.1 Å². The maximum atomic E-state index is 11.3. The number of carbonyl (C=O) groups excluding carboxylic acids is 2. The highest BCUT2D eigenvalue weighted by Crippen LogP contribution is 2.36. The minimum absolute atomic E-state index is 0.286. The Balaban J connectivity index is 1.55. The van der Waals surface area contributed by atoms with Gasteiger partial charge >= 0.3 is 11.9 Å². The molecule has 1 aromatic rings. The van der Waals surface area contributed by atoms with Gasteiger partial charge in [-0.2, -0.15) is 0 Å². The normalized spacial score (nSPS) is 19.6. The Morgan fingerprint density at radius 1 is 1.03 bits per heavy atom. The number of nitrogen functional groups attached to an aromatic ring is 1. The predicted octanol–water partition coefficient (Wildman–Crippen LogP) is 2.45. The first-order valence-corrected chi connectivity index (χ1v) is 11.0. The Bertz CT molecular complexity index is 748. The molecule has 0 bridgehead atoms. The van der Waals surface area contributed by atoms with E-state index in [1.54, 1.807) is 7.11 Å². The standard InChI is InChI=1S/C23H35N3O5/c1-17(27)30-15-23(16-31-18(2)28)8-12-25(13-9-23)20-6-10-26(11-7-20)21-5-4-19(24)14-22(21)29-3/h4-5,14,20H,6-13,15-16,24H2,1-3H3. The first-order valence-electron chi connectivity index (χ1n) is 11.0. The fourth-order valence-corrected chi connectivity index (χ4v) is 4.63. The molecule has 0 spiro atoms. The molecule has 172 valence electrons. The monoisotopic (exact) mass is 433 g/mol. The van der Waals surface area contributed by atoms with E-state index in [9.17, 15) is 9.59 Å². The third kappa shape index (κ3) is 6.03. The zero-order valence-electron chi connectivity index (χ0n) is 18.9. The summed E-state index contributed by atoms with van der Waals surface area (Å²) in [5.74, 6) is 0.224. The van der Waals surface area contributed by atoms with Gasteiger partial charge in [0.15, 0.2) is 0 Å². The molecule has 2 aliphatic rings. The Morgan fingerprint density at radius 2 is 1.61 bits per heavy atom. The van der Waals surface area contributed by atoms with Crippen LogP contribution in [0.15, 0.2) is 18.2 Å². The molecule has 2 fully saturated rings. The van der Waals surface area contributed by atoms with Gasteiger partial charge in [0.05, 0.1) is 12.8 Å². The third-order valence-electron chi connectivity index (χ3n) is 6.55. The van der Waals surface area contributed by atoms with Crippen LogP contribution >= 0.6 is 0 Å². The second-order valence-corrected chi connectivity index (χ2v) is 8.75. The number of anilines is 2. The van der Waals surface area contributed by atoms with Crippen molar-refractivity contribution in [2.24, 2.45) is 5.41 Å². The maximum absolute atomic E-state index is 11.3. The van der Waals surface area contributed by atoms with Crippen molar-refractivity contribution >= 4 is 23.3 Å². The number of hydrogen-bond acceptors (Lipinski definition) is 8. The van der Waals surface area contributed by atoms with Crippen molar-refractivity contribution < 1.29 is 23.8 Å². The smallest absolute Gasteiger partial charge is 0.302 e. The number of carbonyl (C=O) groups is 2. The molecule has 0 radical (unpaired) electrons. The van der Waals surface area contributed by atoms with Gasteiger partial charge < -0.3 is 29.7 Å². The molecule has 0 unspecified atom stereocenters. The first-order chi connectivity index (χ1) is 14.8. The van der Waals surface area contributed by atoms with Crippen molar-refractivity contribution in [1.29, 1.82) is 0 Å². The van der Waals surface area contributed by atoms with Gasteiger partial charge in [-0.3, -0.25) is 9.59 Å². The van der Waals surface area contributed by atoms with Gasteiger partial charge in [-0.1, -0.05) is 0 Å². The van der Waals surface area contributed by atoms with Crippen molar-refractivity contribution in [2.45, 2.75) is 45.6 Å². The summed E-state index contributed by atoms with van der Waals surface area (Å²) in [6.45, 7) is 7.20.